The molecule has 2 amide bonds. The Morgan fingerprint density at radius 3 is 2.48 bits per heavy atom. The number of piperazine rings is 1. The molecular formula is C21H26N4O3S. The first kappa shape index (κ1) is 19.7. The summed E-state index contributed by atoms with van der Waals surface area (Å²) in [5.74, 6) is -0.312. The zero-order chi connectivity index (χ0) is 20.5. The van der Waals surface area contributed by atoms with E-state index >= 15 is 0 Å². The van der Waals surface area contributed by atoms with Gasteiger partial charge < -0.3 is 21.1 Å². The van der Waals surface area contributed by atoms with E-state index in [9.17, 15) is 14.7 Å². The normalized spacial score (nSPS) is 17.8. The van der Waals surface area contributed by atoms with Gasteiger partial charge in [-0.05, 0) is 56.0 Å². The van der Waals surface area contributed by atoms with Gasteiger partial charge in [0.1, 0.15) is 10.8 Å². The van der Waals surface area contributed by atoms with Gasteiger partial charge in [-0.3, -0.25) is 14.5 Å². The lowest BCUT2D eigenvalue weighted by Gasteiger charge is -2.38. The van der Waals surface area contributed by atoms with Crippen LogP contribution in [-0.2, 0) is 17.6 Å². The van der Waals surface area contributed by atoms with Gasteiger partial charge in [0.2, 0.25) is 5.91 Å². The summed E-state index contributed by atoms with van der Waals surface area (Å²) in [5.41, 5.74) is 8.18. The molecule has 154 valence electrons. The second kappa shape index (κ2) is 8.04. The predicted octanol–water partition coefficient (Wildman–Crippen LogP) is 2.19. The number of nitrogens with zero attached hydrogens (tertiary/aromatic N) is 2. The van der Waals surface area contributed by atoms with E-state index in [0.29, 0.717) is 10.6 Å². The number of aryl methyl sites for hydroxylation is 1. The van der Waals surface area contributed by atoms with Crippen LogP contribution in [0.5, 0.6) is 5.75 Å². The molecular weight excluding hydrogens is 388 g/mol. The first-order valence-electron chi connectivity index (χ1n) is 9.97. The summed E-state index contributed by atoms with van der Waals surface area (Å²) >= 11 is 1.49. The smallest absolute Gasteiger partial charge is 0.251 e. The standard InChI is InChI=1S/C21H26N4O3S/c1-13(24-9-11-25(12-10-24)14-5-7-15(26)8-6-14)20(28)23-21-18(19(22)27)16-3-2-4-17(16)29-21/h5-8,13,26H,2-4,9-12H2,1H3,(H2,22,27)(H,23,28)/t13-/m1/s1. The lowest BCUT2D eigenvalue weighted by atomic mass is 10.1. The number of anilines is 2. The number of nitrogens with two attached hydrogens (primary N) is 1. The summed E-state index contributed by atoms with van der Waals surface area (Å²) in [6, 6.07) is 6.89. The largest absolute Gasteiger partial charge is 0.508 e. The van der Waals surface area contributed by atoms with Gasteiger partial charge >= 0.3 is 0 Å². The van der Waals surface area contributed by atoms with Crippen LogP contribution in [0.4, 0.5) is 10.7 Å². The number of phenolic OH excluding ortho intramolecular Hbond substituents is 1. The van der Waals surface area contributed by atoms with Crippen LogP contribution in [-0.4, -0.2) is 54.0 Å². The molecule has 0 saturated carbocycles. The average Bonchev–Trinajstić information content (AvgIpc) is 3.28. The van der Waals surface area contributed by atoms with Crippen LogP contribution in [0, 0.1) is 0 Å². The summed E-state index contributed by atoms with van der Waals surface area (Å²) in [6.45, 7) is 5.04. The fourth-order valence-electron chi connectivity index (χ4n) is 4.17. The van der Waals surface area contributed by atoms with Crippen molar-refractivity contribution in [2.75, 3.05) is 36.4 Å². The lowest BCUT2D eigenvalue weighted by Crippen LogP contribution is -2.52. The molecule has 1 aromatic carbocycles. The molecule has 1 atom stereocenters. The number of fused-ring (bicyclic) bond motifs is 1. The minimum absolute atomic E-state index is 0.106. The van der Waals surface area contributed by atoms with Crippen LogP contribution < -0.4 is 16.0 Å². The summed E-state index contributed by atoms with van der Waals surface area (Å²) in [4.78, 5) is 30.4. The van der Waals surface area contributed by atoms with Gasteiger partial charge in [-0.2, -0.15) is 0 Å². The number of nitrogens with one attached hydrogen (secondary N) is 1. The summed E-state index contributed by atoms with van der Waals surface area (Å²) in [5, 5.41) is 13.0. The Bertz CT molecular complexity index is 917. The van der Waals surface area contributed by atoms with Crippen molar-refractivity contribution in [1.82, 2.24) is 4.90 Å². The highest BCUT2D eigenvalue weighted by molar-refractivity contribution is 7.17. The molecule has 1 aliphatic heterocycles. The molecule has 2 aliphatic rings. The van der Waals surface area contributed by atoms with Gasteiger partial charge in [0.15, 0.2) is 0 Å². The van der Waals surface area contributed by atoms with Crippen LogP contribution in [0.1, 0.15) is 34.1 Å². The number of thiophene rings is 1. The van der Waals surface area contributed by atoms with Crippen LogP contribution in [0.15, 0.2) is 24.3 Å². The Kier molecular flexibility index (Phi) is 5.47. The first-order chi connectivity index (χ1) is 13.9. The number of benzene rings is 1. The minimum atomic E-state index is -0.463. The fraction of sp³-hybridized carbons (Fsp3) is 0.429. The second-order valence-electron chi connectivity index (χ2n) is 7.63. The molecule has 2 aromatic rings. The fourth-order valence-corrected chi connectivity index (χ4v) is 5.46. The summed E-state index contributed by atoms with van der Waals surface area (Å²) in [7, 11) is 0. The Morgan fingerprint density at radius 1 is 1.14 bits per heavy atom. The van der Waals surface area contributed by atoms with Crippen molar-refractivity contribution >= 4 is 33.8 Å². The number of rotatable bonds is 5. The Hall–Kier alpha value is -2.58. The number of primary amides is 1. The number of carbonyl (C=O) groups is 2. The van der Waals surface area contributed by atoms with Crippen molar-refractivity contribution in [3.05, 3.63) is 40.3 Å². The number of hydrogen-bond donors (Lipinski definition) is 3. The molecule has 1 fully saturated rings. The highest BCUT2D eigenvalue weighted by Crippen LogP contribution is 2.39. The van der Waals surface area contributed by atoms with Crippen molar-refractivity contribution < 1.29 is 14.7 Å². The van der Waals surface area contributed by atoms with Gasteiger partial charge in [0.25, 0.3) is 5.91 Å². The number of carbonyl (C=O) groups excluding carboxylic acids is 2. The highest BCUT2D eigenvalue weighted by Gasteiger charge is 2.29. The van der Waals surface area contributed by atoms with E-state index in [1.807, 2.05) is 19.1 Å². The van der Waals surface area contributed by atoms with Crippen LogP contribution >= 0.6 is 11.3 Å². The van der Waals surface area contributed by atoms with Crippen molar-refractivity contribution in [3.8, 4) is 5.75 Å². The molecule has 2 heterocycles. The van der Waals surface area contributed by atoms with E-state index < -0.39 is 5.91 Å². The third kappa shape index (κ3) is 3.95. The minimum Gasteiger partial charge on any atom is -0.508 e. The first-order valence-corrected chi connectivity index (χ1v) is 10.8. The molecule has 0 unspecified atom stereocenters. The van der Waals surface area contributed by atoms with Gasteiger partial charge in [0.05, 0.1) is 11.6 Å². The zero-order valence-corrected chi connectivity index (χ0v) is 17.3. The van der Waals surface area contributed by atoms with E-state index in [0.717, 1.165) is 56.7 Å². The van der Waals surface area contributed by atoms with Crippen molar-refractivity contribution in [2.45, 2.75) is 32.2 Å². The van der Waals surface area contributed by atoms with E-state index in [2.05, 4.69) is 15.1 Å². The molecule has 8 heteroatoms. The number of amides is 2. The number of phenols is 1. The van der Waals surface area contributed by atoms with Gasteiger partial charge in [-0.1, -0.05) is 0 Å². The molecule has 29 heavy (non-hydrogen) atoms. The van der Waals surface area contributed by atoms with E-state index in [4.69, 9.17) is 5.73 Å². The molecule has 1 saturated heterocycles. The zero-order valence-electron chi connectivity index (χ0n) is 16.5. The van der Waals surface area contributed by atoms with Crippen molar-refractivity contribution in [1.29, 1.82) is 0 Å². The number of hydrogen-bond acceptors (Lipinski definition) is 6. The molecule has 7 nitrogen and oxygen atoms in total. The maximum atomic E-state index is 12.9. The monoisotopic (exact) mass is 414 g/mol. The molecule has 4 N–H and O–H groups in total. The van der Waals surface area contributed by atoms with Gasteiger partial charge in [-0.15, -0.1) is 11.3 Å². The third-order valence-electron chi connectivity index (χ3n) is 5.86. The Morgan fingerprint density at radius 2 is 1.83 bits per heavy atom. The maximum Gasteiger partial charge on any atom is 0.251 e. The highest BCUT2D eigenvalue weighted by atomic mass is 32.1. The average molecular weight is 415 g/mol. The van der Waals surface area contributed by atoms with E-state index in [-0.39, 0.29) is 17.7 Å². The molecule has 4 rings (SSSR count). The van der Waals surface area contributed by atoms with Crippen LogP contribution in [0.3, 0.4) is 0 Å². The van der Waals surface area contributed by atoms with Crippen molar-refractivity contribution in [2.24, 2.45) is 5.73 Å². The quantitative estimate of drug-likeness (QED) is 0.697. The van der Waals surface area contributed by atoms with Crippen molar-refractivity contribution in [3.63, 3.8) is 0 Å². The Balaban J connectivity index is 1.38. The number of aromatic hydroxyl groups is 1. The summed E-state index contributed by atoms with van der Waals surface area (Å²) < 4.78 is 0. The predicted molar refractivity (Wildman–Crippen MR) is 115 cm³/mol. The molecule has 1 aliphatic carbocycles. The summed E-state index contributed by atoms with van der Waals surface area (Å²) in [6.07, 6.45) is 2.84. The lowest BCUT2D eigenvalue weighted by molar-refractivity contribution is -0.120. The molecule has 1 aromatic heterocycles. The SMILES string of the molecule is C[C@H](C(=O)Nc1sc2c(c1C(N)=O)CCC2)N1CCN(c2ccc(O)cc2)CC1. The maximum absolute atomic E-state index is 12.9. The van der Waals surface area contributed by atoms with Crippen LogP contribution in [0.2, 0.25) is 0 Å². The van der Waals surface area contributed by atoms with Crippen LogP contribution in [0.25, 0.3) is 0 Å². The topological polar surface area (TPSA) is 98.9 Å². The van der Waals surface area contributed by atoms with Gasteiger partial charge in [0, 0.05) is 36.7 Å². The second-order valence-corrected chi connectivity index (χ2v) is 8.74. The molecule has 0 bridgehead atoms. The molecule has 0 radical (unpaired) electrons. The van der Waals surface area contributed by atoms with E-state index in [1.54, 1.807) is 12.1 Å². The third-order valence-corrected chi connectivity index (χ3v) is 7.07. The van der Waals surface area contributed by atoms with E-state index in [1.165, 1.54) is 16.2 Å². The Labute approximate surface area is 174 Å². The van der Waals surface area contributed by atoms with Gasteiger partial charge in [-0.25, -0.2) is 0 Å². The molecule has 0 spiro atoms.